The molecule has 1 N–H and O–H groups in total. The number of amides is 2. The first-order valence-corrected chi connectivity index (χ1v) is 9.01. The van der Waals surface area contributed by atoms with Gasteiger partial charge >= 0.3 is 5.97 Å². The number of halogens is 1. The number of hydrogen-bond acceptors (Lipinski definition) is 4. The Balaban J connectivity index is 1.60. The topological polar surface area (TPSA) is 75.7 Å². The average molecular weight is 385 g/mol. The Kier molecular flexibility index (Phi) is 4.36. The Morgan fingerprint density at radius 2 is 2.00 bits per heavy atom. The maximum Gasteiger partial charge on any atom is 0.340 e. The van der Waals surface area contributed by atoms with Crippen LogP contribution in [-0.2, 0) is 14.3 Å². The van der Waals surface area contributed by atoms with Crippen LogP contribution in [0.5, 0.6) is 0 Å². The molecule has 2 atom stereocenters. The number of carbonyl (C=O) groups excluding carboxylic acids is 3. The summed E-state index contributed by atoms with van der Waals surface area (Å²) in [6.07, 6.45) is -0.312. The van der Waals surface area contributed by atoms with E-state index >= 15 is 0 Å². The molecule has 0 aliphatic carbocycles. The van der Waals surface area contributed by atoms with Gasteiger partial charge in [0.25, 0.3) is 0 Å². The third kappa shape index (κ3) is 3.06. The van der Waals surface area contributed by atoms with Gasteiger partial charge in [-0.05, 0) is 37.1 Å². The van der Waals surface area contributed by atoms with Crippen molar-refractivity contribution in [1.29, 1.82) is 0 Å². The summed E-state index contributed by atoms with van der Waals surface area (Å²) < 4.78 is 5.42. The molecular formula is C20H17ClN2O4. The normalized spacial score (nSPS) is 21.2. The number of likely N-dealkylation sites (tertiary alicyclic amines) is 1. The highest BCUT2D eigenvalue weighted by atomic mass is 35.5. The summed E-state index contributed by atoms with van der Waals surface area (Å²) in [5.74, 6) is -1.07. The number of fused-ring (bicyclic) bond motifs is 1. The number of benzene rings is 2. The smallest absolute Gasteiger partial charge is 0.340 e. The van der Waals surface area contributed by atoms with Crippen molar-refractivity contribution in [3.63, 3.8) is 0 Å². The lowest BCUT2D eigenvalue weighted by molar-refractivity contribution is -0.144. The van der Waals surface area contributed by atoms with Crippen LogP contribution in [0.15, 0.2) is 42.5 Å². The van der Waals surface area contributed by atoms with Gasteiger partial charge in [-0.3, -0.25) is 14.5 Å². The largest absolute Gasteiger partial charge is 0.433 e. The van der Waals surface area contributed by atoms with Gasteiger partial charge in [0.2, 0.25) is 18.0 Å². The van der Waals surface area contributed by atoms with Gasteiger partial charge in [0, 0.05) is 12.0 Å². The highest BCUT2D eigenvalue weighted by Crippen LogP contribution is 2.38. The third-order valence-electron chi connectivity index (χ3n) is 4.86. The van der Waals surface area contributed by atoms with Gasteiger partial charge in [0.1, 0.15) is 6.04 Å². The number of nitrogens with zero attached hydrogens (tertiary/aromatic N) is 1. The SMILES string of the molecule is Cc1ccc(NC(=O)[C@H]2CCC(=O)N2[C@@H]2OC(=O)c3ccccc32)c(Cl)c1. The predicted molar refractivity (Wildman–Crippen MR) is 99.3 cm³/mol. The third-order valence-corrected chi connectivity index (χ3v) is 5.17. The number of hydrogen-bond donors (Lipinski definition) is 1. The summed E-state index contributed by atoms with van der Waals surface area (Å²) in [5.41, 5.74) is 2.48. The van der Waals surface area contributed by atoms with Crippen LogP contribution in [0.3, 0.4) is 0 Å². The lowest BCUT2D eigenvalue weighted by atomic mass is 10.1. The molecule has 2 heterocycles. The lowest BCUT2D eigenvalue weighted by Crippen LogP contribution is -2.43. The van der Waals surface area contributed by atoms with Crippen molar-refractivity contribution in [2.24, 2.45) is 0 Å². The standard InChI is InChI=1S/C20H17ClN2O4/c1-11-6-7-15(14(21)10-11)22-18(25)16-8-9-17(24)23(16)19-12-4-2-3-5-13(12)20(26)27-19/h2-7,10,16,19H,8-9H2,1H3,(H,22,25)/t16-,19-/m1/s1. The molecule has 0 aromatic heterocycles. The highest BCUT2D eigenvalue weighted by Gasteiger charge is 2.46. The Labute approximate surface area is 161 Å². The zero-order chi connectivity index (χ0) is 19.1. The first kappa shape index (κ1) is 17.5. The van der Waals surface area contributed by atoms with Crippen LogP contribution < -0.4 is 5.32 Å². The molecule has 0 saturated carbocycles. The molecule has 4 rings (SSSR count). The van der Waals surface area contributed by atoms with Gasteiger partial charge in [-0.25, -0.2) is 4.79 Å². The molecule has 27 heavy (non-hydrogen) atoms. The van der Waals surface area contributed by atoms with Gasteiger partial charge < -0.3 is 10.1 Å². The van der Waals surface area contributed by atoms with Crippen LogP contribution in [0.25, 0.3) is 0 Å². The van der Waals surface area contributed by atoms with Crippen LogP contribution in [0.2, 0.25) is 5.02 Å². The number of esters is 1. The monoisotopic (exact) mass is 384 g/mol. The maximum absolute atomic E-state index is 12.9. The van der Waals surface area contributed by atoms with Gasteiger partial charge in [-0.2, -0.15) is 0 Å². The molecule has 138 valence electrons. The summed E-state index contributed by atoms with van der Waals surface area (Å²) in [4.78, 5) is 38.8. The second kappa shape index (κ2) is 6.70. The fourth-order valence-corrected chi connectivity index (χ4v) is 3.81. The molecule has 2 aromatic carbocycles. The van der Waals surface area contributed by atoms with Crippen LogP contribution in [-0.4, -0.2) is 28.7 Å². The van der Waals surface area contributed by atoms with Crippen molar-refractivity contribution >= 4 is 35.1 Å². The fourth-order valence-electron chi connectivity index (χ4n) is 3.52. The van der Waals surface area contributed by atoms with Gasteiger partial charge in [0.15, 0.2) is 0 Å². The Morgan fingerprint density at radius 1 is 1.22 bits per heavy atom. The van der Waals surface area contributed by atoms with Crippen molar-refractivity contribution in [3.05, 3.63) is 64.2 Å². The van der Waals surface area contributed by atoms with Crippen LogP contribution in [0, 0.1) is 6.92 Å². The van der Waals surface area contributed by atoms with Crippen molar-refractivity contribution in [1.82, 2.24) is 4.90 Å². The van der Waals surface area contributed by atoms with E-state index in [-0.39, 0.29) is 18.2 Å². The average Bonchev–Trinajstić information content (AvgIpc) is 3.18. The molecule has 2 aliphatic heterocycles. The first-order chi connectivity index (χ1) is 13.0. The Bertz CT molecular complexity index is 959. The summed E-state index contributed by atoms with van der Waals surface area (Å²) in [5, 5.41) is 3.21. The minimum absolute atomic E-state index is 0.218. The molecule has 2 aliphatic rings. The lowest BCUT2D eigenvalue weighted by Gasteiger charge is -2.29. The van der Waals surface area contributed by atoms with E-state index in [2.05, 4.69) is 5.32 Å². The van der Waals surface area contributed by atoms with Gasteiger partial charge in [-0.15, -0.1) is 0 Å². The summed E-state index contributed by atoms with van der Waals surface area (Å²) >= 11 is 6.19. The number of cyclic esters (lactones) is 1. The van der Waals surface area contributed by atoms with Crippen molar-refractivity contribution in [3.8, 4) is 0 Å². The minimum Gasteiger partial charge on any atom is -0.433 e. The second-order valence-electron chi connectivity index (χ2n) is 6.67. The van der Waals surface area contributed by atoms with E-state index in [1.165, 1.54) is 4.90 Å². The van der Waals surface area contributed by atoms with E-state index in [1.54, 1.807) is 36.4 Å². The van der Waals surface area contributed by atoms with Crippen molar-refractivity contribution < 1.29 is 19.1 Å². The molecule has 1 fully saturated rings. The number of anilines is 1. The fraction of sp³-hybridized carbons (Fsp3) is 0.250. The second-order valence-corrected chi connectivity index (χ2v) is 7.08. The summed E-state index contributed by atoms with van der Waals surface area (Å²) in [6, 6.07) is 11.5. The maximum atomic E-state index is 12.9. The van der Waals surface area contributed by atoms with Crippen LogP contribution >= 0.6 is 11.6 Å². The van der Waals surface area contributed by atoms with Gasteiger partial charge in [0.05, 0.1) is 16.3 Å². The van der Waals surface area contributed by atoms with Crippen molar-refractivity contribution in [2.75, 3.05) is 5.32 Å². The summed E-state index contributed by atoms with van der Waals surface area (Å²) in [6.45, 7) is 1.90. The van der Waals surface area contributed by atoms with Crippen LogP contribution in [0.4, 0.5) is 5.69 Å². The van der Waals surface area contributed by atoms with E-state index < -0.39 is 18.2 Å². The van der Waals surface area contributed by atoms with E-state index in [0.717, 1.165) is 5.56 Å². The van der Waals surface area contributed by atoms with E-state index in [0.29, 0.717) is 28.3 Å². The summed E-state index contributed by atoms with van der Waals surface area (Å²) in [7, 11) is 0. The molecule has 1 saturated heterocycles. The zero-order valence-corrected chi connectivity index (χ0v) is 15.3. The number of aryl methyl sites for hydroxylation is 1. The van der Waals surface area contributed by atoms with Crippen molar-refractivity contribution in [2.45, 2.75) is 32.0 Å². The number of rotatable bonds is 3. The molecule has 0 spiro atoms. The molecule has 0 radical (unpaired) electrons. The minimum atomic E-state index is -0.882. The molecule has 0 bridgehead atoms. The molecule has 2 aromatic rings. The Hall–Kier alpha value is -2.86. The van der Waals surface area contributed by atoms with E-state index in [4.69, 9.17) is 16.3 Å². The van der Waals surface area contributed by atoms with E-state index in [1.807, 2.05) is 13.0 Å². The zero-order valence-electron chi connectivity index (χ0n) is 14.6. The molecule has 7 heteroatoms. The molecule has 0 unspecified atom stereocenters. The molecule has 2 amide bonds. The highest BCUT2D eigenvalue weighted by molar-refractivity contribution is 6.33. The number of nitrogens with one attached hydrogen (secondary N) is 1. The molecular weight excluding hydrogens is 368 g/mol. The number of ether oxygens (including phenoxy) is 1. The Morgan fingerprint density at radius 3 is 2.78 bits per heavy atom. The predicted octanol–water partition coefficient (Wildman–Crippen LogP) is 3.45. The molecule has 6 nitrogen and oxygen atoms in total. The first-order valence-electron chi connectivity index (χ1n) is 8.64. The van der Waals surface area contributed by atoms with Crippen LogP contribution in [0.1, 0.15) is 40.6 Å². The van der Waals surface area contributed by atoms with E-state index in [9.17, 15) is 14.4 Å². The number of carbonyl (C=O) groups is 3. The quantitative estimate of drug-likeness (QED) is 0.822. The van der Waals surface area contributed by atoms with Gasteiger partial charge in [-0.1, -0.05) is 35.9 Å².